The van der Waals surface area contributed by atoms with Crippen LogP contribution in [-0.2, 0) is 21.7 Å². The van der Waals surface area contributed by atoms with E-state index in [0.717, 1.165) is 84.2 Å². The molecule has 2 aromatic heterocycles. The highest BCUT2D eigenvalue weighted by atomic mass is 16.3. The Kier molecular flexibility index (Phi) is 11.5. The zero-order valence-electron chi connectivity index (χ0n) is 49.5. The molecule has 0 unspecified atom stereocenters. The summed E-state index contributed by atoms with van der Waals surface area (Å²) in [5.74, 6) is 0. The van der Waals surface area contributed by atoms with E-state index in [4.69, 9.17) is 4.42 Å². The second-order valence-electron chi connectivity index (χ2n) is 27.1. The molecule has 404 valence electrons. The maximum absolute atomic E-state index is 7.52. The van der Waals surface area contributed by atoms with E-state index in [2.05, 4.69) is 315 Å². The predicted octanol–water partition coefficient (Wildman–Crippen LogP) is 19.4. The number of anilines is 9. The van der Waals surface area contributed by atoms with Gasteiger partial charge in [-0.2, -0.15) is 0 Å². The Morgan fingerprint density at radius 2 is 0.829 bits per heavy atom. The molecular weight excluding hydrogens is 996 g/mol. The summed E-state index contributed by atoms with van der Waals surface area (Å²) < 4.78 is 10.0. The lowest BCUT2D eigenvalue weighted by molar-refractivity contribution is 0.589. The molecule has 5 nitrogen and oxygen atoms in total. The van der Waals surface area contributed by atoms with Gasteiger partial charge in [0.2, 0.25) is 0 Å². The van der Waals surface area contributed by atoms with Crippen LogP contribution in [-0.4, -0.2) is 11.3 Å². The molecule has 0 fully saturated rings. The normalized spacial score (nSPS) is 13.5. The zero-order chi connectivity index (χ0) is 56.8. The largest absolute Gasteiger partial charge is 0.454 e. The smallest absolute Gasteiger partial charge is 0.252 e. The minimum atomic E-state index is -0.217. The van der Waals surface area contributed by atoms with Crippen LogP contribution in [0.5, 0.6) is 0 Å². The minimum absolute atomic E-state index is 0.0141. The number of para-hydroxylation sites is 4. The van der Waals surface area contributed by atoms with Crippen LogP contribution in [0.2, 0.25) is 0 Å². The Labute approximate surface area is 484 Å². The topological polar surface area (TPSA) is 27.8 Å². The van der Waals surface area contributed by atoms with E-state index in [0.29, 0.717) is 0 Å². The number of rotatable bonds is 6. The zero-order valence-corrected chi connectivity index (χ0v) is 49.5. The molecule has 0 saturated heterocycles. The minimum Gasteiger partial charge on any atom is -0.454 e. The Hall–Kier alpha value is -8.74. The molecule has 0 amide bonds. The molecule has 0 atom stereocenters. The predicted molar refractivity (Wildman–Crippen MR) is 352 cm³/mol. The highest BCUT2D eigenvalue weighted by Crippen LogP contribution is 2.52. The summed E-state index contributed by atoms with van der Waals surface area (Å²) in [7, 11) is 0. The van der Waals surface area contributed by atoms with E-state index in [1.165, 1.54) is 55.1 Å². The van der Waals surface area contributed by atoms with Crippen molar-refractivity contribution in [1.82, 2.24) is 4.57 Å². The summed E-state index contributed by atoms with van der Waals surface area (Å²) >= 11 is 0. The van der Waals surface area contributed by atoms with Gasteiger partial charge in [-0.15, -0.1) is 0 Å². The lowest BCUT2D eigenvalue weighted by atomic mass is 9.33. The third-order valence-electron chi connectivity index (χ3n) is 17.6. The summed E-state index contributed by atoms with van der Waals surface area (Å²) in [5, 5.41) is 4.62. The van der Waals surface area contributed by atoms with Crippen molar-refractivity contribution in [3.8, 4) is 5.69 Å². The van der Waals surface area contributed by atoms with Crippen molar-refractivity contribution in [2.45, 2.75) is 105 Å². The molecule has 0 aliphatic carbocycles. The first-order valence-electron chi connectivity index (χ1n) is 29.3. The molecule has 6 heteroatoms. The Bertz CT molecular complexity index is 4430. The molecule has 0 spiro atoms. The van der Waals surface area contributed by atoms with E-state index >= 15 is 0 Å². The summed E-state index contributed by atoms with van der Waals surface area (Å²) in [4.78, 5) is 7.57. The highest BCUT2D eigenvalue weighted by Gasteiger charge is 2.46. The molecule has 0 bridgehead atoms. The maximum Gasteiger partial charge on any atom is 0.252 e. The standard InChI is InChI=1S/C76H71BN4O/c1-73(2,3)48-30-36-53(37-31-48)78(52-22-14-13-15-23-52)56-42-43-60-64(46-56)79(54-38-32-49(33-39-54)74(4,5)6)66-44-51(76(10,11)12)45-67-70(66)77(60)61-47-65(81-62-27-19-16-24-57(62)58-25-17-20-28-63(58)81)69-59-26-18-21-29-68(59)82-72(69)71(61)80(67)55-40-34-50(35-41-55)75(7,8)9/h13-47H,1-12H3. The molecule has 0 radical (unpaired) electrons. The van der Waals surface area contributed by atoms with Gasteiger partial charge in [-0.25, -0.2) is 0 Å². The third-order valence-corrected chi connectivity index (χ3v) is 17.6. The van der Waals surface area contributed by atoms with Crippen molar-refractivity contribution in [3.05, 3.63) is 235 Å². The van der Waals surface area contributed by atoms with Crippen LogP contribution in [0.4, 0.5) is 51.2 Å². The van der Waals surface area contributed by atoms with Crippen LogP contribution in [0.15, 0.2) is 217 Å². The first-order valence-corrected chi connectivity index (χ1v) is 29.3. The maximum atomic E-state index is 7.52. The number of nitrogens with zero attached hydrogens (tertiary/aromatic N) is 4. The van der Waals surface area contributed by atoms with E-state index in [1.807, 2.05) is 0 Å². The van der Waals surface area contributed by atoms with Gasteiger partial charge in [0.05, 0.1) is 27.8 Å². The third kappa shape index (κ3) is 8.19. The van der Waals surface area contributed by atoms with Crippen LogP contribution in [0.1, 0.15) is 105 Å². The lowest BCUT2D eigenvalue weighted by Gasteiger charge is -2.45. The molecule has 2 aliphatic heterocycles. The average molecular weight is 1070 g/mol. The molecule has 10 aromatic carbocycles. The SMILES string of the molecule is CC(C)(C)c1ccc(N(c2ccccc2)c2ccc3c(c2)N(c2ccc(C(C)(C)C)cc2)c2cc(C(C)(C)C)cc4c2B3c2cc(-n3c5ccccc5c5ccccc53)c3c(oc5ccccc53)c2N4c2ccc(C(C)(C)C)cc2)cc1. The molecular formula is C76H71BN4O. The van der Waals surface area contributed by atoms with Gasteiger partial charge in [0, 0.05) is 61.7 Å². The van der Waals surface area contributed by atoms with Crippen LogP contribution < -0.4 is 31.1 Å². The molecule has 4 heterocycles. The van der Waals surface area contributed by atoms with Gasteiger partial charge in [0.15, 0.2) is 5.58 Å². The van der Waals surface area contributed by atoms with Crippen LogP contribution in [0, 0.1) is 0 Å². The van der Waals surface area contributed by atoms with Crippen LogP contribution in [0.25, 0.3) is 49.4 Å². The van der Waals surface area contributed by atoms with Gasteiger partial charge >= 0.3 is 0 Å². The van der Waals surface area contributed by atoms with E-state index < -0.39 is 0 Å². The van der Waals surface area contributed by atoms with E-state index in [-0.39, 0.29) is 28.4 Å². The quantitative estimate of drug-likeness (QED) is 0.155. The summed E-state index contributed by atoms with van der Waals surface area (Å²) in [5.41, 5.74) is 23.7. The monoisotopic (exact) mass is 1070 g/mol. The molecule has 0 saturated carbocycles. The Morgan fingerprint density at radius 3 is 1.39 bits per heavy atom. The molecule has 0 N–H and O–H groups in total. The summed E-state index contributed by atoms with van der Waals surface area (Å²) in [6.07, 6.45) is 0. The first kappa shape index (κ1) is 51.4. The number of benzene rings is 10. The lowest BCUT2D eigenvalue weighted by Crippen LogP contribution is -2.61. The van der Waals surface area contributed by atoms with Crippen LogP contribution in [0.3, 0.4) is 0 Å². The molecule has 14 rings (SSSR count). The van der Waals surface area contributed by atoms with Gasteiger partial charge in [-0.1, -0.05) is 198 Å². The summed E-state index contributed by atoms with van der Waals surface area (Å²) in [6.45, 7) is 27.5. The second-order valence-corrected chi connectivity index (χ2v) is 27.1. The number of hydrogen-bond acceptors (Lipinski definition) is 4. The van der Waals surface area contributed by atoms with Gasteiger partial charge in [-0.3, -0.25) is 0 Å². The van der Waals surface area contributed by atoms with Crippen molar-refractivity contribution >= 4 is 118 Å². The fourth-order valence-corrected chi connectivity index (χ4v) is 13.2. The van der Waals surface area contributed by atoms with Gasteiger partial charge in [0.1, 0.15) is 5.58 Å². The van der Waals surface area contributed by atoms with Crippen molar-refractivity contribution < 1.29 is 4.42 Å². The molecule has 12 aromatic rings. The number of aromatic nitrogens is 1. The fraction of sp³-hybridized carbons (Fsp3) is 0.211. The molecule has 82 heavy (non-hydrogen) atoms. The number of fused-ring (bicyclic) bond motifs is 11. The van der Waals surface area contributed by atoms with Gasteiger partial charge in [0.25, 0.3) is 6.71 Å². The van der Waals surface area contributed by atoms with Gasteiger partial charge in [-0.05, 0) is 157 Å². The van der Waals surface area contributed by atoms with Gasteiger partial charge < -0.3 is 23.7 Å². The van der Waals surface area contributed by atoms with Crippen molar-refractivity contribution in [1.29, 1.82) is 0 Å². The van der Waals surface area contributed by atoms with E-state index in [9.17, 15) is 0 Å². The Morgan fingerprint density at radius 1 is 0.366 bits per heavy atom. The first-order chi connectivity index (χ1) is 39.2. The Balaban J connectivity index is 1.14. The van der Waals surface area contributed by atoms with Crippen molar-refractivity contribution in [2.75, 3.05) is 14.7 Å². The number of hydrogen-bond donors (Lipinski definition) is 0. The van der Waals surface area contributed by atoms with E-state index in [1.54, 1.807) is 0 Å². The summed E-state index contributed by atoms with van der Waals surface area (Å²) in [6, 6.07) is 80.0. The molecule has 2 aliphatic rings. The average Bonchev–Trinajstić information content (AvgIpc) is 1.29. The number of furan rings is 1. The highest BCUT2D eigenvalue weighted by molar-refractivity contribution is 7.00. The fourth-order valence-electron chi connectivity index (χ4n) is 13.2. The van der Waals surface area contributed by atoms with Crippen molar-refractivity contribution in [3.63, 3.8) is 0 Å². The van der Waals surface area contributed by atoms with Crippen molar-refractivity contribution in [2.24, 2.45) is 0 Å². The van der Waals surface area contributed by atoms with Crippen LogP contribution >= 0.6 is 0 Å². The second kappa shape index (κ2) is 18.4.